The number of benzene rings is 2. The van der Waals surface area contributed by atoms with Crippen molar-refractivity contribution >= 4 is 44.1 Å². The number of nitrogens with zero attached hydrogens (tertiary/aromatic N) is 2. The number of nitroso groups, excluding NO2 is 1. The summed E-state index contributed by atoms with van der Waals surface area (Å²) >= 11 is 1.33. The zero-order valence-corrected chi connectivity index (χ0v) is 12.9. The Morgan fingerprint density at radius 2 is 2.00 bits per heavy atom. The largest absolute Gasteiger partial charge is 0.494 e. The number of thiazole rings is 1. The Hall–Kier alpha value is -3.00. The lowest BCUT2D eigenvalue weighted by atomic mass is 10.3. The first kappa shape index (κ1) is 14.9. The molecule has 116 valence electrons. The third-order valence-corrected chi connectivity index (χ3v) is 4.01. The molecular formula is C15H12N4O3S. The van der Waals surface area contributed by atoms with E-state index in [1.165, 1.54) is 17.4 Å². The molecule has 2 aromatic carbocycles. The van der Waals surface area contributed by atoms with Crippen LogP contribution in [0.4, 0.5) is 21.3 Å². The summed E-state index contributed by atoms with van der Waals surface area (Å²) in [7, 11) is 1.57. The van der Waals surface area contributed by atoms with Crippen LogP contribution in [-0.2, 0) is 0 Å². The highest BCUT2D eigenvalue weighted by Crippen LogP contribution is 2.32. The van der Waals surface area contributed by atoms with Crippen molar-refractivity contribution in [1.82, 2.24) is 4.98 Å². The van der Waals surface area contributed by atoms with Crippen LogP contribution in [0.1, 0.15) is 0 Å². The molecule has 23 heavy (non-hydrogen) atoms. The number of amides is 2. The molecule has 3 aromatic rings. The van der Waals surface area contributed by atoms with E-state index in [1.54, 1.807) is 31.4 Å². The zero-order valence-electron chi connectivity index (χ0n) is 12.1. The second kappa shape index (κ2) is 6.41. The minimum absolute atomic E-state index is 0.161. The first-order valence-electron chi connectivity index (χ1n) is 6.65. The monoisotopic (exact) mass is 328 g/mol. The zero-order chi connectivity index (χ0) is 16.2. The molecule has 1 aromatic heterocycles. The maximum absolute atomic E-state index is 12.1. The molecule has 3 rings (SSSR count). The van der Waals surface area contributed by atoms with E-state index in [-0.39, 0.29) is 5.69 Å². The van der Waals surface area contributed by atoms with Gasteiger partial charge in [-0.3, -0.25) is 5.32 Å². The first-order chi connectivity index (χ1) is 11.2. The molecular weight excluding hydrogens is 316 g/mol. The maximum atomic E-state index is 12.1. The van der Waals surface area contributed by atoms with Crippen molar-refractivity contribution in [2.45, 2.75) is 0 Å². The van der Waals surface area contributed by atoms with E-state index < -0.39 is 6.03 Å². The molecule has 7 nitrogen and oxygen atoms in total. The van der Waals surface area contributed by atoms with Gasteiger partial charge >= 0.3 is 6.03 Å². The molecule has 0 aliphatic heterocycles. The minimum Gasteiger partial charge on any atom is -0.494 e. The Labute approximate surface area is 135 Å². The van der Waals surface area contributed by atoms with E-state index in [9.17, 15) is 9.70 Å². The van der Waals surface area contributed by atoms with Crippen LogP contribution in [0.5, 0.6) is 5.75 Å². The number of fused-ring (bicyclic) bond motifs is 1. The average molecular weight is 328 g/mol. The highest BCUT2D eigenvalue weighted by atomic mass is 32.1. The number of hydrogen-bond acceptors (Lipinski definition) is 6. The topological polar surface area (TPSA) is 92.7 Å². The van der Waals surface area contributed by atoms with Gasteiger partial charge in [0.25, 0.3) is 0 Å². The van der Waals surface area contributed by atoms with Crippen molar-refractivity contribution in [2.24, 2.45) is 5.18 Å². The molecule has 0 radical (unpaired) electrons. The minimum atomic E-state index is -0.501. The van der Waals surface area contributed by atoms with Crippen molar-refractivity contribution in [3.63, 3.8) is 0 Å². The van der Waals surface area contributed by atoms with Crippen LogP contribution in [0, 0.1) is 4.91 Å². The summed E-state index contributed by atoms with van der Waals surface area (Å²) < 4.78 is 6.14. The van der Waals surface area contributed by atoms with Crippen molar-refractivity contribution in [2.75, 3.05) is 17.7 Å². The highest BCUT2D eigenvalue weighted by Gasteiger charge is 2.12. The third kappa shape index (κ3) is 3.11. The van der Waals surface area contributed by atoms with Crippen LogP contribution in [0.15, 0.2) is 47.6 Å². The summed E-state index contributed by atoms with van der Waals surface area (Å²) in [5, 5.41) is 8.51. The number of nitrogens with one attached hydrogen (secondary N) is 2. The molecule has 0 spiro atoms. The molecule has 2 amide bonds. The van der Waals surface area contributed by atoms with Crippen LogP contribution in [0.3, 0.4) is 0 Å². The Morgan fingerprint density at radius 3 is 2.78 bits per heavy atom. The fourth-order valence-corrected chi connectivity index (χ4v) is 2.93. The summed E-state index contributed by atoms with van der Waals surface area (Å²) in [6.07, 6.45) is 0. The van der Waals surface area contributed by atoms with Gasteiger partial charge in [0.2, 0.25) is 0 Å². The fraction of sp³-hybridized carbons (Fsp3) is 0.0667. The number of hydrogen-bond donors (Lipinski definition) is 2. The highest BCUT2D eigenvalue weighted by molar-refractivity contribution is 7.22. The number of carbonyl (C=O) groups excluding carboxylic acids is 1. The van der Waals surface area contributed by atoms with Gasteiger partial charge in [-0.15, -0.1) is 4.91 Å². The van der Waals surface area contributed by atoms with E-state index in [4.69, 9.17) is 4.74 Å². The van der Waals surface area contributed by atoms with E-state index in [2.05, 4.69) is 20.8 Å². The lowest BCUT2D eigenvalue weighted by molar-refractivity contribution is 0.262. The number of aromatic nitrogens is 1. The number of anilines is 2. The molecule has 0 aliphatic carbocycles. The summed E-state index contributed by atoms with van der Waals surface area (Å²) in [6, 6.07) is 11.5. The summed E-state index contributed by atoms with van der Waals surface area (Å²) in [5.74, 6) is 0.641. The van der Waals surface area contributed by atoms with Gasteiger partial charge in [0.05, 0.1) is 17.5 Å². The lowest BCUT2D eigenvalue weighted by Crippen LogP contribution is -2.19. The SMILES string of the molecule is COc1cccc2sc(NC(=O)Nc3ccccc3N=O)nc12. The van der Waals surface area contributed by atoms with Gasteiger partial charge in [0, 0.05) is 0 Å². The smallest absolute Gasteiger partial charge is 0.325 e. The quantitative estimate of drug-likeness (QED) is 0.696. The molecule has 0 bridgehead atoms. The molecule has 0 fully saturated rings. The van der Waals surface area contributed by atoms with Gasteiger partial charge in [-0.1, -0.05) is 29.5 Å². The number of methoxy groups -OCH3 is 1. The van der Waals surface area contributed by atoms with E-state index in [1.807, 2.05) is 12.1 Å². The van der Waals surface area contributed by atoms with Crippen LogP contribution < -0.4 is 15.4 Å². The third-order valence-electron chi connectivity index (χ3n) is 3.07. The molecule has 0 atom stereocenters. The van der Waals surface area contributed by atoms with Crippen LogP contribution in [0.2, 0.25) is 0 Å². The summed E-state index contributed by atoms with van der Waals surface area (Å²) in [4.78, 5) is 27.1. The predicted molar refractivity (Wildman–Crippen MR) is 90.7 cm³/mol. The van der Waals surface area contributed by atoms with Crippen molar-refractivity contribution in [1.29, 1.82) is 0 Å². The van der Waals surface area contributed by atoms with Gasteiger partial charge in [-0.05, 0) is 29.4 Å². The van der Waals surface area contributed by atoms with Crippen molar-refractivity contribution in [3.8, 4) is 5.75 Å². The number of para-hydroxylation sites is 2. The van der Waals surface area contributed by atoms with Gasteiger partial charge in [0.1, 0.15) is 17.0 Å². The number of urea groups is 1. The molecule has 2 N–H and O–H groups in total. The molecule has 0 unspecified atom stereocenters. The summed E-state index contributed by atoms with van der Waals surface area (Å²) in [6.45, 7) is 0. The molecule has 0 saturated carbocycles. The number of ether oxygens (including phenoxy) is 1. The summed E-state index contributed by atoms with van der Waals surface area (Å²) in [5.41, 5.74) is 1.18. The Bertz CT molecular complexity index is 878. The Morgan fingerprint density at radius 1 is 1.17 bits per heavy atom. The van der Waals surface area contributed by atoms with Crippen molar-refractivity contribution < 1.29 is 9.53 Å². The van der Waals surface area contributed by atoms with Gasteiger partial charge in [-0.25, -0.2) is 9.78 Å². The fourth-order valence-electron chi connectivity index (χ4n) is 2.05. The Kier molecular flexibility index (Phi) is 4.15. The van der Waals surface area contributed by atoms with Gasteiger partial charge in [0.15, 0.2) is 5.13 Å². The maximum Gasteiger partial charge on any atom is 0.325 e. The molecule has 1 heterocycles. The standard InChI is InChI=1S/C15H12N4O3S/c1-22-11-7-4-8-12-13(11)17-15(23-12)18-14(20)16-9-5-2-3-6-10(9)19-21/h2-8H,1H3,(H2,16,17,18,20). The van der Waals surface area contributed by atoms with Crippen LogP contribution in [-0.4, -0.2) is 18.1 Å². The van der Waals surface area contributed by atoms with E-state index in [0.29, 0.717) is 22.1 Å². The van der Waals surface area contributed by atoms with E-state index in [0.717, 1.165) is 4.70 Å². The molecule has 8 heteroatoms. The van der Waals surface area contributed by atoms with Gasteiger partial charge < -0.3 is 10.1 Å². The predicted octanol–water partition coefficient (Wildman–Crippen LogP) is 4.35. The molecule has 0 saturated heterocycles. The Balaban J connectivity index is 1.79. The first-order valence-corrected chi connectivity index (χ1v) is 7.47. The van der Waals surface area contributed by atoms with Gasteiger partial charge in [-0.2, -0.15) is 0 Å². The second-order valence-electron chi connectivity index (χ2n) is 4.51. The second-order valence-corrected chi connectivity index (χ2v) is 5.54. The number of carbonyl (C=O) groups is 1. The lowest BCUT2D eigenvalue weighted by Gasteiger charge is -2.06. The average Bonchev–Trinajstić information content (AvgIpc) is 2.97. The van der Waals surface area contributed by atoms with Crippen LogP contribution >= 0.6 is 11.3 Å². The van der Waals surface area contributed by atoms with Crippen molar-refractivity contribution in [3.05, 3.63) is 47.4 Å². The van der Waals surface area contributed by atoms with E-state index >= 15 is 0 Å². The molecule has 0 aliphatic rings. The van der Waals surface area contributed by atoms with Crippen LogP contribution in [0.25, 0.3) is 10.2 Å². The number of rotatable bonds is 4. The normalized spacial score (nSPS) is 10.3.